The maximum atomic E-state index is 13.0. The average molecular weight is 401 g/mol. The third-order valence-electron chi connectivity index (χ3n) is 4.75. The Kier molecular flexibility index (Phi) is 5.09. The van der Waals surface area contributed by atoms with E-state index in [4.69, 9.17) is 10.7 Å². The molecule has 3 amide bonds. The first kappa shape index (κ1) is 17.9. The molecule has 140 valence electrons. The van der Waals surface area contributed by atoms with Crippen molar-refractivity contribution in [3.8, 4) is 0 Å². The van der Waals surface area contributed by atoms with Gasteiger partial charge in [-0.2, -0.15) is 0 Å². The van der Waals surface area contributed by atoms with Gasteiger partial charge in [-0.15, -0.1) is 22.7 Å². The van der Waals surface area contributed by atoms with Gasteiger partial charge in [0, 0.05) is 11.4 Å². The van der Waals surface area contributed by atoms with E-state index in [0.29, 0.717) is 6.54 Å². The van der Waals surface area contributed by atoms with E-state index in [1.54, 1.807) is 11.3 Å². The Balaban J connectivity index is 1.53. The van der Waals surface area contributed by atoms with E-state index in [-0.39, 0.29) is 18.4 Å². The highest BCUT2D eigenvalue weighted by atomic mass is 32.1. The van der Waals surface area contributed by atoms with Gasteiger partial charge in [-0.1, -0.05) is 18.2 Å². The molecule has 4 rings (SSSR count). The van der Waals surface area contributed by atoms with Crippen LogP contribution in [0.25, 0.3) is 10.2 Å². The predicted molar refractivity (Wildman–Crippen MR) is 108 cm³/mol. The number of urea groups is 1. The summed E-state index contributed by atoms with van der Waals surface area (Å²) in [5, 5.41) is 5.61. The third kappa shape index (κ3) is 3.81. The van der Waals surface area contributed by atoms with E-state index in [0.717, 1.165) is 32.9 Å². The summed E-state index contributed by atoms with van der Waals surface area (Å²) in [4.78, 5) is 32.0. The van der Waals surface area contributed by atoms with E-state index >= 15 is 0 Å². The SMILES string of the molecule is NC(=O)N[C@@H](CC(=O)N1CCC[C@H]1c1nc2ccccc2s1)c1cccs1. The zero-order chi connectivity index (χ0) is 18.8. The van der Waals surface area contributed by atoms with Crippen LogP contribution in [-0.2, 0) is 4.79 Å². The van der Waals surface area contributed by atoms with Gasteiger partial charge in [0.1, 0.15) is 5.01 Å². The lowest BCUT2D eigenvalue weighted by Crippen LogP contribution is -2.38. The second-order valence-corrected chi connectivity index (χ2v) is 8.59. The minimum Gasteiger partial charge on any atom is -0.352 e. The van der Waals surface area contributed by atoms with Crippen LogP contribution >= 0.6 is 22.7 Å². The maximum absolute atomic E-state index is 13.0. The molecule has 8 heteroatoms. The minimum atomic E-state index is -0.620. The van der Waals surface area contributed by atoms with Gasteiger partial charge in [0.05, 0.1) is 28.7 Å². The summed E-state index contributed by atoms with van der Waals surface area (Å²) < 4.78 is 1.14. The van der Waals surface area contributed by atoms with Gasteiger partial charge in [0.15, 0.2) is 0 Å². The van der Waals surface area contributed by atoms with Crippen molar-refractivity contribution in [1.29, 1.82) is 0 Å². The van der Waals surface area contributed by atoms with Crippen molar-refractivity contribution < 1.29 is 9.59 Å². The first-order chi connectivity index (χ1) is 13.1. The number of rotatable bonds is 5. The number of fused-ring (bicyclic) bond motifs is 1. The Hall–Kier alpha value is -2.45. The molecule has 1 aliphatic heterocycles. The number of amides is 3. The summed E-state index contributed by atoms with van der Waals surface area (Å²) >= 11 is 3.16. The Morgan fingerprint density at radius 3 is 2.89 bits per heavy atom. The average Bonchev–Trinajstić information content (AvgIpc) is 3.39. The fraction of sp³-hybridized carbons (Fsp3) is 0.316. The molecule has 6 nitrogen and oxygen atoms in total. The summed E-state index contributed by atoms with van der Waals surface area (Å²) in [5.74, 6) is 0.0175. The van der Waals surface area contributed by atoms with Gasteiger partial charge in [-0.3, -0.25) is 4.79 Å². The van der Waals surface area contributed by atoms with Crippen LogP contribution in [-0.4, -0.2) is 28.4 Å². The first-order valence-corrected chi connectivity index (χ1v) is 10.6. The Morgan fingerprint density at radius 1 is 1.30 bits per heavy atom. The molecule has 0 spiro atoms. The highest BCUT2D eigenvalue weighted by Crippen LogP contribution is 2.37. The van der Waals surface area contributed by atoms with Crippen LogP contribution in [0.3, 0.4) is 0 Å². The summed E-state index contributed by atoms with van der Waals surface area (Å²) in [7, 11) is 0. The van der Waals surface area contributed by atoms with Gasteiger partial charge in [-0.05, 0) is 36.4 Å². The largest absolute Gasteiger partial charge is 0.352 e. The van der Waals surface area contributed by atoms with E-state index in [2.05, 4.69) is 11.4 Å². The molecule has 3 N–H and O–H groups in total. The van der Waals surface area contributed by atoms with Crippen LogP contribution in [0.15, 0.2) is 41.8 Å². The fourth-order valence-electron chi connectivity index (χ4n) is 3.53. The van der Waals surface area contributed by atoms with Crippen molar-refractivity contribution in [1.82, 2.24) is 15.2 Å². The molecule has 1 fully saturated rings. The van der Waals surface area contributed by atoms with Gasteiger partial charge < -0.3 is 16.0 Å². The lowest BCUT2D eigenvalue weighted by Gasteiger charge is -2.25. The summed E-state index contributed by atoms with van der Waals surface area (Å²) in [5.41, 5.74) is 6.29. The molecule has 2 aromatic heterocycles. The maximum Gasteiger partial charge on any atom is 0.312 e. The number of nitrogens with zero attached hydrogens (tertiary/aromatic N) is 2. The quantitative estimate of drug-likeness (QED) is 0.682. The number of likely N-dealkylation sites (tertiary alicyclic amines) is 1. The van der Waals surface area contributed by atoms with Crippen LogP contribution < -0.4 is 11.1 Å². The molecular formula is C19H20N4O2S2. The minimum absolute atomic E-state index is 0.00691. The van der Waals surface area contributed by atoms with Crippen LogP contribution in [0.5, 0.6) is 0 Å². The second-order valence-electron chi connectivity index (χ2n) is 6.55. The van der Waals surface area contributed by atoms with Crippen LogP contribution in [0, 0.1) is 0 Å². The molecule has 3 heterocycles. The standard InChI is InChI=1S/C19H20N4O2S2/c20-19(25)22-13(15-8-4-10-26-15)11-17(24)23-9-3-6-14(23)18-21-12-5-1-2-7-16(12)27-18/h1-2,4-5,7-8,10,13-14H,3,6,9,11H2,(H3,20,22,25)/t13-,14-/m0/s1. The Bertz CT molecular complexity index is 921. The monoisotopic (exact) mass is 400 g/mol. The van der Waals surface area contributed by atoms with E-state index in [1.807, 2.05) is 40.6 Å². The van der Waals surface area contributed by atoms with Crippen molar-refractivity contribution in [2.24, 2.45) is 5.73 Å². The molecule has 3 aromatic rings. The highest BCUT2D eigenvalue weighted by Gasteiger charge is 2.33. The number of hydrogen-bond acceptors (Lipinski definition) is 5. The molecule has 1 aromatic carbocycles. The summed E-state index contributed by atoms with van der Waals surface area (Å²) in [6, 6.07) is 10.8. The first-order valence-electron chi connectivity index (χ1n) is 8.86. The highest BCUT2D eigenvalue weighted by molar-refractivity contribution is 7.18. The zero-order valence-electron chi connectivity index (χ0n) is 14.6. The molecule has 27 heavy (non-hydrogen) atoms. The number of thiophene rings is 1. The van der Waals surface area contributed by atoms with Gasteiger partial charge in [0.2, 0.25) is 5.91 Å². The van der Waals surface area contributed by atoms with Crippen molar-refractivity contribution in [2.45, 2.75) is 31.3 Å². The third-order valence-corrected chi connectivity index (χ3v) is 6.87. The van der Waals surface area contributed by atoms with E-state index in [1.165, 1.54) is 11.3 Å². The Labute approximate surface area is 165 Å². The molecule has 0 saturated carbocycles. The molecule has 0 bridgehead atoms. The van der Waals surface area contributed by atoms with Crippen molar-refractivity contribution in [2.75, 3.05) is 6.54 Å². The lowest BCUT2D eigenvalue weighted by molar-refractivity contribution is -0.132. The van der Waals surface area contributed by atoms with Crippen molar-refractivity contribution >= 4 is 44.8 Å². The lowest BCUT2D eigenvalue weighted by atomic mass is 10.1. The van der Waals surface area contributed by atoms with Gasteiger partial charge >= 0.3 is 6.03 Å². The van der Waals surface area contributed by atoms with E-state index in [9.17, 15) is 9.59 Å². The number of benzene rings is 1. The number of primary amides is 1. The molecule has 1 saturated heterocycles. The van der Waals surface area contributed by atoms with Crippen LogP contribution in [0.4, 0.5) is 4.79 Å². The zero-order valence-corrected chi connectivity index (χ0v) is 16.3. The van der Waals surface area contributed by atoms with Crippen molar-refractivity contribution in [3.63, 3.8) is 0 Å². The number of nitrogens with two attached hydrogens (primary N) is 1. The number of aromatic nitrogens is 1. The number of nitrogens with one attached hydrogen (secondary N) is 1. The number of para-hydroxylation sites is 1. The van der Waals surface area contributed by atoms with Crippen LogP contribution in [0.1, 0.15) is 41.2 Å². The summed E-state index contributed by atoms with van der Waals surface area (Å²) in [6.07, 6.45) is 2.07. The molecule has 0 radical (unpaired) electrons. The predicted octanol–water partition coefficient (Wildman–Crippen LogP) is 3.82. The smallest absolute Gasteiger partial charge is 0.312 e. The number of thiazole rings is 1. The molecule has 2 atom stereocenters. The molecular weight excluding hydrogens is 380 g/mol. The normalized spacial score (nSPS) is 17.9. The van der Waals surface area contributed by atoms with E-state index < -0.39 is 12.1 Å². The topological polar surface area (TPSA) is 88.3 Å². The molecule has 0 aliphatic carbocycles. The number of carbonyl (C=O) groups is 2. The second kappa shape index (κ2) is 7.66. The molecule has 1 aliphatic rings. The molecule has 0 unspecified atom stereocenters. The Morgan fingerprint density at radius 2 is 2.15 bits per heavy atom. The van der Waals surface area contributed by atoms with Crippen molar-refractivity contribution in [3.05, 3.63) is 51.7 Å². The number of hydrogen-bond donors (Lipinski definition) is 2. The summed E-state index contributed by atoms with van der Waals surface area (Å²) in [6.45, 7) is 0.715. The number of carbonyl (C=O) groups excluding carboxylic acids is 2. The fourth-order valence-corrected chi connectivity index (χ4v) is 5.42. The van der Waals surface area contributed by atoms with Gasteiger partial charge in [0.25, 0.3) is 0 Å². The van der Waals surface area contributed by atoms with Crippen LogP contribution in [0.2, 0.25) is 0 Å². The van der Waals surface area contributed by atoms with Gasteiger partial charge in [-0.25, -0.2) is 9.78 Å².